The molecule has 0 saturated heterocycles. The molecule has 4 heteroatoms. The second-order valence-corrected chi connectivity index (χ2v) is 4.67. The lowest BCUT2D eigenvalue weighted by Crippen LogP contribution is -2.00. The molecule has 2 heterocycles. The maximum Gasteiger partial charge on any atom is 0.165 e. The van der Waals surface area contributed by atoms with Crippen molar-refractivity contribution in [2.24, 2.45) is 0 Å². The SMILES string of the molecule is ClCc1cccn2c(C3CCCC3)nnc12. The largest absolute Gasteiger partial charge is 0.286 e. The first-order chi connectivity index (χ1) is 7.90. The van der Waals surface area contributed by atoms with Crippen molar-refractivity contribution in [2.45, 2.75) is 37.5 Å². The highest BCUT2D eigenvalue weighted by molar-refractivity contribution is 6.17. The van der Waals surface area contributed by atoms with Gasteiger partial charge in [0, 0.05) is 17.7 Å². The van der Waals surface area contributed by atoms with Crippen molar-refractivity contribution >= 4 is 17.2 Å². The molecule has 0 atom stereocenters. The number of rotatable bonds is 2. The summed E-state index contributed by atoms with van der Waals surface area (Å²) in [7, 11) is 0. The van der Waals surface area contributed by atoms with E-state index in [4.69, 9.17) is 11.6 Å². The third-order valence-electron chi connectivity index (χ3n) is 3.41. The topological polar surface area (TPSA) is 30.2 Å². The van der Waals surface area contributed by atoms with Crippen molar-refractivity contribution in [1.82, 2.24) is 14.6 Å². The van der Waals surface area contributed by atoms with Gasteiger partial charge in [-0.2, -0.15) is 0 Å². The molecule has 2 aromatic rings. The summed E-state index contributed by atoms with van der Waals surface area (Å²) in [5, 5.41) is 8.60. The maximum atomic E-state index is 5.89. The van der Waals surface area contributed by atoms with Gasteiger partial charge in [-0.25, -0.2) is 0 Å². The van der Waals surface area contributed by atoms with Crippen molar-refractivity contribution in [3.63, 3.8) is 0 Å². The fourth-order valence-corrected chi connectivity index (χ4v) is 2.76. The smallest absolute Gasteiger partial charge is 0.165 e. The van der Waals surface area contributed by atoms with Gasteiger partial charge in [-0.1, -0.05) is 18.9 Å². The number of nitrogens with zero attached hydrogens (tertiary/aromatic N) is 3. The van der Waals surface area contributed by atoms with Gasteiger partial charge in [0.25, 0.3) is 0 Å². The normalized spacial score (nSPS) is 17.3. The van der Waals surface area contributed by atoms with E-state index in [1.165, 1.54) is 25.7 Å². The van der Waals surface area contributed by atoms with E-state index in [1.807, 2.05) is 18.3 Å². The van der Waals surface area contributed by atoms with Gasteiger partial charge in [0.05, 0.1) is 5.88 Å². The van der Waals surface area contributed by atoms with Crippen molar-refractivity contribution < 1.29 is 0 Å². The van der Waals surface area contributed by atoms with Crippen LogP contribution in [0.4, 0.5) is 0 Å². The minimum Gasteiger partial charge on any atom is -0.286 e. The van der Waals surface area contributed by atoms with E-state index >= 15 is 0 Å². The number of fused-ring (bicyclic) bond motifs is 1. The fraction of sp³-hybridized carbons (Fsp3) is 0.500. The molecule has 1 aliphatic carbocycles. The van der Waals surface area contributed by atoms with E-state index in [0.717, 1.165) is 17.0 Å². The number of hydrogen-bond acceptors (Lipinski definition) is 2. The van der Waals surface area contributed by atoms with Crippen molar-refractivity contribution in [1.29, 1.82) is 0 Å². The molecule has 1 aliphatic rings. The minimum atomic E-state index is 0.493. The quantitative estimate of drug-likeness (QED) is 0.749. The lowest BCUT2D eigenvalue weighted by Gasteiger charge is -2.06. The average molecular weight is 236 g/mol. The molecule has 0 radical (unpaired) electrons. The first-order valence-electron chi connectivity index (χ1n) is 5.78. The lowest BCUT2D eigenvalue weighted by molar-refractivity contribution is 0.658. The molecule has 0 aliphatic heterocycles. The van der Waals surface area contributed by atoms with Crippen LogP contribution in [0, 0.1) is 0 Å². The zero-order chi connectivity index (χ0) is 11.0. The van der Waals surface area contributed by atoms with Gasteiger partial charge in [-0.3, -0.25) is 4.40 Å². The van der Waals surface area contributed by atoms with Crippen LogP contribution in [0.3, 0.4) is 0 Å². The van der Waals surface area contributed by atoms with E-state index in [1.54, 1.807) is 0 Å². The second-order valence-electron chi connectivity index (χ2n) is 4.40. The minimum absolute atomic E-state index is 0.493. The molecule has 3 nitrogen and oxygen atoms in total. The Kier molecular flexibility index (Phi) is 2.56. The van der Waals surface area contributed by atoms with Crippen molar-refractivity contribution in [2.75, 3.05) is 0 Å². The predicted molar refractivity (Wildman–Crippen MR) is 63.8 cm³/mol. The van der Waals surface area contributed by atoms with E-state index < -0.39 is 0 Å². The highest BCUT2D eigenvalue weighted by Crippen LogP contribution is 2.33. The van der Waals surface area contributed by atoms with Crippen LogP contribution >= 0.6 is 11.6 Å². The Balaban J connectivity index is 2.12. The summed E-state index contributed by atoms with van der Waals surface area (Å²) in [6.07, 6.45) is 7.15. The molecule has 0 spiro atoms. The lowest BCUT2D eigenvalue weighted by atomic mass is 10.1. The number of pyridine rings is 1. The number of alkyl halides is 1. The summed E-state index contributed by atoms with van der Waals surface area (Å²) in [5.74, 6) is 2.19. The first-order valence-corrected chi connectivity index (χ1v) is 6.32. The summed E-state index contributed by atoms with van der Waals surface area (Å²) in [6.45, 7) is 0. The van der Waals surface area contributed by atoms with Crippen molar-refractivity contribution in [3.05, 3.63) is 29.7 Å². The molecular formula is C12H14ClN3. The number of halogens is 1. The van der Waals surface area contributed by atoms with Gasteiger partial charge >= 0.3 is 0 Å². The molecule has 1 saturated carbocycles. The van der Waals surface area contributed by atoms with Crippen LogP contribution in [0.15, 0.2) is 18.3 Å². The zero-order valence-corrected chi connectivity index (χ0v) is 9.82. The summed E-state index contributed by atoms with van der Waals surface area (Å²) in [6, 6.07) is 4.03. The third-order valence-corrected chi connectivity index (χ3v) is 3.69. The summed E-state index contributed by atoms with van der Waals surface area (Å²) < 4.78 is 2.10. The van der Waals surface area contributed by atoms with E-state index in [9.17, 15) is 0 Å². The summed E-state index contributed by atoms with van der Waals surface area (Å²) in [4.78, 5) is 0. The van der Waals surface area contributed by atoms with Crippen LogP contribution in [0.2, 0.25) is 0 Å². The summed E-state index contributed by atoms with van der Waals surface area (Å²) in [5.41, 5.74) is 1.97. The number of hydrogen-bond donors (Lipinski definition) is 0. The van der Waals surface area contributed by atoms with Crippen LogP contribution in [-0.2, 0) is 5.88 Å². The molecule has 84 valence electrons. The van der Waals surface area contributed by atoms with Gasteiger partial charge in [0.2, 0.25) is 0 Å². The highest BCUT2D eigenvalue weighted by Gasteiger charge is 2.22. The fourth-order valence-electron chi connectivity index (χ4n) is 2.56. The van der Waals surface area contributed by atoms with Gasteiger partial charge < -0.3 is 0 Å². The molecular weight excluding hydrogens is 222 g/mol. The Bertz CT molecular complexity index is 500. The van der Waals surface area contributed by atoms with Crippen LogP contribution in [0.25, 0.3) is 5.65 Å². The monoisotopic (exact) mass is 235 g/mol. The maximum absolute atomic E-state index is 5.89. The molecule has 0 bridgehead atoms. The van der Waals surface area contributed by atoms with E-state index in [-0.39, 0.29) is 0 Å². The Morgan fingerprint density at radius 3 is 2.88 bits per heavy atom. The first kappa shape index (κ1) is 10.1. The van der Waals surface area contributed by atoms with Crippen molar-refractivity contribution in [3.8, 4) is 0 Å². The van der Waals surface area contributed by atoms with Crippen LogP contribution in [0.5, 0.6) is 0 Å². The second kappa shape index (κ2) is 4.06. The van der Waals surface area contributed by atoms with E-state index in [2.05, 4.69) is 14.6 Å². The molecule has 0 N–H and O–H groups in total. The molecule has 16 heavy (non-hydrogen) atoms. The Hall–Kier alpha value is -1.09. The van der Waals surface area contributed by atoms with Gasteiger partial charge in [-0.15, -0.1) is 21.8 Å². The van der Waals surface area contributed by atoms with Crippen LogP contribution in [0.1, 0.15) is 43.0 Å². The van der Waals surface area contributed by atoms with Gasteiger partial charge in [0.15, 0.2) is 5.65 Å². The Morgan fingerprint density at radius 2 is 2.12 bits per heavy atom. The van der Waals surface area contributed by atoms with Crippen LogP contribution in [-0.4, -0.2) is 14.6 Å². The molecule has 2 aromatic heterocycles. The average Bonchev–Trinajstić information content (AvgIpc) is 2.96. The predicted octanol–water partition coefficient (Wildman–Crippen LogP) is 3.13. The number of aromatic nitrogens is 3. The van der Waals surface area contributed by atoms with Crippen LogP contribution < -0.4 is 0 Å². The highest BCUT2D eigenvalue weighted by atomic mass is 35.5. The molecule has 1 fully saturated rings. The van der Waals surface area contributed by atoms with Gasteiger partial charge in [0.1, 0.15) is 5.82 Å². The van der Waals surface area contributed by atoms with Gasteiger partial charge in [-0.05, 0) is 18.9 Å². The standard InChI is InChI=1S/C12H14ClN3/c13-8-10-6-3-7-16-11(14-15-12(10)16)9-4-1-2-5-9/h3,6-7,9H,1-2,4-5,8H2. The molecule has 0 aromatic carbocycles. The zero-order valence-electron chi connectivity index (χ0n) is 9.06. The molecule has 0 unspecified atom stereocenters. The molecule has 0 amide bonds. The summed E-state index contributed by atoms with van der Waals surface area (Å²) >= 11 is 5.89. The third kappa shape index (κ3) is 1.50. The van der Waals surface area contributed by atoms with E-state index in [0.29, 0.717) is 11.8 Å². The molecule has 3 rings (SSSR count). The Labute approximate surface area is 99.4 Å². The Morgan fingerprint density at radius 1 is 1.31 bits per heavy atom.